The second-order valence-electron chi connectivity index (χ2n) is 6.94. The lowest BCUT2D eigenvalue weighted by molar-refractivity contribution is -0.162. The monoisotopic (exact) mass is 380 g/mol. The highest BCUT2D eigenvalue weighted by Crippen LogP contribution is 2.38. The van der Waals surface area contributed by atoms with Gasteiger partial charge in [-0.3, -0.25) is 19.2 Å². The van der Waals surface area contributed by atoms with Crippen molar-refractivity contribution in [3.05, 3.63) is 12.7 Å². The zero-order valence-electron chi connectivity index (χ0n) is 16.6. The summed E-state index contributed by atoms with van der Waals surface area (Å²) < 4.78 is 9.79. The first-order valence-electron chi connectivity index (χ1n) is 9.93. The van der Waals surface area contributed by atoms with Crippen LogP contribution in [0.3, 0.4) is 0 Å². The Labute approximate surface area is 161 Å². The zero-order chi connectivity index (χ0) is 20.3. The van der Waals surface area contributed by atoms with E-state index in [2.05, 4.69) is 6.58 Å². The van der Waals surface area contributed by atoms with Gasteiger partial charge in [0.1, 0.15) is 22.9 Å². The Morgan fingerprint density at radius 3 is 2.30 bits per heavy atom. The van der Waals surface area contributed by atoms with Gasteiger partial charge in [-0.2, -0.15) is 0 Å². The zero-order valence-corrected chi connectivity index (χ0v) is 16.6. The molecule has 2 atom stereocenters. The normalized spacial score (nSPS) is 25.0. The molecule has 2 aliphatic rings. The molecule has 2 saturated carbocycles. The Kier molecular flexibility index (Phi) is 9.97. The molecular formula is C21H32O6. The Hall–Kier alpha value is -1.98. The SMILES string of the molecule is C=CCC1(C(=O)OCC)CCCCC1=O.CCOC(=O)C1CCCCC1=O. The molecule has 0 aromatic rings. The van der Waals surface area contributed by atoms with Crippen LogP contribution in [0, 0.1) is 11.3 Å². The Morgan fingerprint density at radius 2 is 1.74 bits per heavy atom. The van der Waals surface area contributed by atoms with Gasteiger partial charge < -0.3 is 9.47 Å². The van der Waals surface area contributed by atoms with E-state index in [9.17, 15) is 19.2 Å². The topological polar surface area (TPSA) is 86.7 Å². The average molecular weight is 380 g/mol. The molecule has 0 spiro atoms. The number of ether oxygens (including phenoxy) is 2. The van der Waals surface area contributed by atoms with Crippen LogP contribution in [0.1, 0.15) is 71.6 Å². The summed E-state index contributed by atoms with van der Waals surface area (Å²) in [7, 11) is 0. The van der Waals surface area contributed by atoms with Crippen LogP contribution in [-0.2, 0) is 28.7 Å². The smallest absolute Gasteiger partial charge is 0.319 e. The molecule has 2 rings (SSSR count). The van der Waals surface area contributed by atoms with Crippen molar-refractivity contribution in [2.75, 3.05) is 13.2 Å². The fraction of sp³-hybridized carbons (Fsp3) is 0.714. The van der Waals surface area contributed by atoms with Crippen molar-refractivity contribution in [3.63, 3.8) is 0 Å². The maximum atomic E-state index is 11.9. The van der Waals surface area contributed by atoms with Crippen LogP contribution in [-0.4, -0.2) is 36.7 Å². The molecule has 0 aromatic heterocycles. The number of hydrogen-bond donors (Lipinski definition) is 0. The fourth-order valence-electron chi connectivity index (χ4n) is 3.60. The second kappa shape index (κ2) is 11.7. The summed E-state index contributed by atoms with van der Waals surface area (Å²) in [5, 5.41) is 0. The van der Waals surface area contributed by atoms with E-state index in [4.69, 9.17) is 9.47 Å². The van der Waals surface area contributed by atoms with E-state index in [0.717, 1.165) is 25.7 Å². The summed E-state index contributed by atoms with van der Waals surface area (Å²) in [6, 6.07) is 0. The molecule has 0 heterocycles. The van der Waals surface area contributed by atoms with Crippen LogP contribution in [0.2, 0.25) is 0 Å². The van der Waals surface area contributed by atoms with Crippen molar-refractivity contribution in [3.8, 4) is 0 Å². The van der Waals surface area contributed by atoms with E-state index >= 15 is 0 Å². The summed E-state index contributed by atoms with van der Waals surface area (Å²) in [6.07, 6.45) is 8.06. The number of esters is 2. The van der Waals surface area contributed by atoms with Crippen LogP contribution < -0.4 is 0 Å². The van der Waals surface area contributed by atoms with Gasteiger partial charge in [0.25, 0.3) is 0 Å². The third-order valence-corrected chi connectivity index (χ3v) is 5.08. The predicted octanol–water partition coefficient (Wildman–Crippen LogP) is 3.56. The Morgan fingerprint density at radius 1 is 1.07 bits per heavy atom. The lowest BCUT2D eigenvalue weighted by Gasteiger charge is -2.32. The summed E-state index contributed by atoms with van der Waals surface area (Å²) >= 11 is 0. The molecule has 0 radical (unpaired) electrons. The van der Waals surface area contributed by atoms with Gasteiger partial charge in [-0.15, -0.1) is 6.58 Å². The molecule has 0 aromatic carbocycles. The largest absolute Gasteiger partial charge is 0.465 e. The molecule has 0 aliphatic heterocycles. The van der Waals surface area contributed by atoms with E-state index in [0.29, 0.717) is 45.3 Å². The van der Waals surface area contributed by atoms with E-state index in [1.54, 1.807) is 19.9 Å². The van der Waals surface area contributed by atoms with Gasteiger partial charge in [0, 0.05) is 12.8 Å². The van der Waals surface area contributed by atoms with E-state index < -0.39 is 11.3 Å². The second-order valence-corrected chi connectivity index (χ2v) is 6.94. The van der Waals surface area contributed by atoms with Crippen molar-refractivity contribution < 1.29 is 28.7 Å². The van der Waals surface area contributed by atoms with Crippen LogP contribution in [0.5, 0.6) is 0 Å². The molecule has 0 saturated heterocycles. The summed E-state index contributed by atoms with van der Waals surface area (Å²) in [6.45, 7) is 7.82. The van der Waals surface area contributed by atoms with Crippen molar-refractivity contribution in [2.45, 2.75) is 71.6 Å². The molecule has 6 heteroatoms. The highest BCUT2D eigenvalue weighted by Gasteiger charge is 2.46. The maximum absolute atomic E-state index is 11.9. The molecule has 0 bridgehead atoms. The maximum Gasteiger partial charge on any atom is 0.319 e. The average Bonchev–Trinajstić information content (AvgIpc) is 2.65. The molecule has 2 aliphatic carbocycles. The minimum absolute atomic E-state index is 0.0205. The minimum atomic E-state index is -0.921. The molecule has 2 fully saturated rings. The molecule has 27 heavy (non-hydrogen) atoms. The molecule has 152 valence electrons. The van der Waals surface area contributed by atoms with Crippen molar-refractivity contribution in [2.24, 2.45) is 11.3 Å². The molecular weight excluding hydrogens is 348 g/mol. The van der Waals surface area contributed by atoms with Crippen LogP contribution in [0.4, 0.5) is 0 Å². The number of Topliss-reactive ketones (excluding diaryl/α,β-unsaturated/α-hetero) is 2. The highest BCUT2D eigenvalue weighted by atomic mass is 16.5. The first-order valence-corrected chi connectivity index (χ1v) is 9.93. The number of hydrogen-bond acceptors (Lipinski definition) is 6. The number of ketones is 2. The summed E-state index contributed by atoms with van der Waals surface area (Å²) in [4.78, 5) is 46.1. The number of carbonyl (C=O) groups is 4. The Balaban J connectivity index is 0.000000277. The van der Waals surface area contributed by atoms with Crippen LogP contribution in [0.15, 0.2) is 12.7 Å². The van der Waals surface area contributed by atoms with Gasteiger partial charge in [0.2, 0.25) is 0 Å². The van der Waals surface area contributed by atoms with Gasteiger partial charge in [-0.05, 0) is 46.0 Å². The molecule has 6 nitrogen and oxygen atoms in total. The van der Waals surface area contributed by atoms with E-state index in [-0.39, 0.29) is 23.5 Å². The quantitative estimate of drug-likeness (QED) is 0.398. The van der Waals surface area contributed by atoms with Crippen molar-refractivity contribution >= 4 is 23.5 Å². The van der Waals surface area contributed by atoms with Gasteiger partial charge in [-0.1, -0.05) is 18.9 Å². The fourth-order valence-corrected chi connectivity index (χ4v) is 3.60. The predicted molar refractivity (Wildman–Crippen MR) is 101 cm³/mol. The summed E-state index contributed by atoms with van der Waals surface area (Å²) in [5.41, 5.74) is -0.921. The Bertz CT molecular complexity index is 553. The standard InChI is InChI=1S/C12H18O3.C9H14O3/c1-3-8-12(11(14)15-4-2)9-6-5-7-10(12)13;1-2-12-9(11)7-5-3-4-6-8(7)10/h3H,1,4-9H2,2H3;7H,2-6H2,1H3. The number of rotatable bonds is 6. The van der Waals surface area contributed by atoms with Crippen LogP contribution in [0.25, 0.3) is 0 Å². The minimum Gasteiger partial charge on any atom is -0.465 e. The highest BCUT2D eigenvalue weighted by molar-refractivity contribution is 6.04. The lowest BCUT2D eigenvalue weighted by atomic mass is 9.71. The molecule has 2 unspecified atom stereocenters. The van der Waals surface area contributed by atoms with E-state index in [1.807, 2.05) is 0 Å². The lowest BCUT2D eigenvalue weighted by Crippen LogP contribution is -2.42. The van der Waals surface area contributed by atoms with E-state index in [1.165, 1.54) is 0 Å². The number of carbonyl (C=O) groups excluding carboxylic acids is 4. The molecule has 0 amide bonds. The number of allylic oxidation sites excluding steroid dienone is 1. The first-order chi connectivity index (χ1) is 12.9. The third-order valence-electron chi connectivity index (χ3n) is 5.08. The first kappa shape index (κ1) is 23.1. The summed E-state index contributed by atoms with van der Waals surface area (Å²) in [5.74, 6) is -1.08. The molecule has 0 N–H and O–H groups in total. The van der Waals surface area contributed by atoms with Gasteiger partial charge in [-0.25, -0.2) is 0 Å². The van der Waals surface area contributed by atoms with Crippen LogP contribution >= 0.6 is 0 Å². The van der Waals surface area contributed by atoms with Crippen molar-refractivity contribution in [1.29, 1.82) is 0 Å². The van der Waals surface area contributed by atoms with Crippen molar-refractivity contribution in [1.82, 2.24) is 0 Å². The van der Waals surface area contributed by atoms with Gasteiger partial charge in [0.05, 0.1) is 13.2 Å². The van der Waals surface area contributed by atoms with Gasteiger partial charge >= 0.3 is 11.9 Å². The van der Waals surface area contributed by atoms with Gasteiger partial charge in [0.15, 0.2) is 0 Å². The third kappa shape index (κ3) is 6.29.